The molecule has 0 bridgehead atoms. The zero-order chi connectivity index (χ0) is 13.8. The molecule has 102 valence electrons. The van der Waals surface area contributed by atoms with Crippen LogP contribution in [0.2, 0.25) is 5.02 Å². The summed E-state index contributed by atoms with van der Waals surface area (Å²) in [6.45, 7) is 1.86. The monoisotopic (exact) mass is 371 g/mol. The van der Waals surface area contributed by atoms with Crippen LogP contribution in [0.1, 0.15) is 13.3 Å². The molecule has 0 aliphatic carbocycles. The molecule has 0 radical (unpaired) electrons. The van der Waals surface area contributed by atoms with Gasteiger partial charge in [-0.3, -0.25) is 0 Å². The molecule has 1 aromatic rings. The maximum Gasteiger partial charge on any atom is 0.240 e. The van der Waals surface area contributed by atoms with Gasteiger partial charge in [0.2, 0.25) is 10.0 Å². The van der Waals surface area contributed by atoms with Gasteiger partial charge in [-0.15, -0.1) is 0 Å². The molecule has 1 N–H and O–H groups in total. The minimum absolute atomic E-state index is 0.0862. The van der Waals surface area contributed by atoms with Gasteiger partial charge in [0, 0.05) is 10.5 Å². The average Bonchev–Trinajstić information content (AvgIpc) is 2.29. The van der Waals surface area contributed by atoms with Crippen molar-refractivity contribution in [2.75, 3.05) is 12.0 Å². The molecule has 0 aromatic heterocycles. The SMILES string of the molecule is CSCCC(C)NS(=O)(=O)c1ccc(Cl)c(Br)c1. The molecule has 0 saturated carbocycles. The second-order valence-electron chi connectivity index (χ2n) is 3.88. The molecule has 18 heavy (non-hydrogen) atoms. The van der Waals surface area contributed by atoms with Crippen molar-refractivity contribution in [3.05, 3.63) is 27.7 Å². The van der Waals surface area contributed by atoms with E-state index in [-0.39, 0.29) is 10.9 Å². The van der Waals surface area contributed by atoms with Gasteiger partial charge >= 0.3 is 0 Å². The van der Waals surface area contributed by atoms with E-state index in [2.05, 4.69) is 20.7 Å². The van der Waals surface area contributed by atoms with E-state index < -0.39 is 10.0 Å². The smallest absolute Gasteiger partial charge is 0.208 e. The third kappa shape index (κ3) is 4.74. The lowest BCUT2D eigenvalue weighted by molar-refractivity contribution is 0.557. The number of halogens is 2. The van der Waals surface area contributed by atoms with Crippen LogP contribution in [0.4, 0.5) is 0 Å². The van der Waals surface area contributed by atoms with E-state index in [4.69, 9.17) is 11.6 Å². The molecule has 0 fully saturated rings. The van der Waals surface area contributed by atoms with E-state index in [0.717, 1.165) is 12.2 Å². The van der Waals surface area contributed by atoms with Crippen LogP contribution < -0.4 is 4.72 Å². The second kappa shape index (κ2) is 7.14. The lowest BCUT2D eigenvalue weighted by Gasteiger charge is -2.14. The van der Waals surface area contributed by atoms with Crippen molar-refractivity contribution in [2.24, 2.45) is 0 Å². The lowest BCUT2D eigenvalue weighted by atomic mass is 10.3. The summed E-state index contributed by atoms with van der Waals surface area (Å²) < 4.78 is 27.4. The summed E-state index contributed by atoms with van der Waals surface area (Å²) in [5, 5.41) is 0.490. The molecule has 0 amide bonds. The predicted molar refractivity (Wildman–Crippen MR) is 81.9 cm³/mol. The molecule has 0 aliphatic heterocycles. The number of thioether (sulfide) groups is 1. The molecule has 1 rings (SSSR count). The van der Waals surface area contributed by atoms with Crippen LogP contribution in [0.3, 0.4) is 0 Å². The van der Waals surface area contributed by atoms with Crippen molar-refractivity contribution >= 4 is 49.3 Å². The van der Waals surface area contributed by atoms with Crippen molar-refractivity contribution in [2.45, 2.75) is 24.3 Å². The Bertz CT molecular complexity index is 508. The van der Waals surface area contributed by atoms with E-state index in [1.165, 1.54) is 12.1 Å². The highest BCUT2D eigenvalue weighted by molar-refractivity contribution is 9.10. The van der Waals surface area contributed by atoms with Gasteiger partial charge in [-0.1, -0.05) is 11.6 Å². The molecular formula is C11H15BrClNO2S2. The van der Waals surface area contributed by atoms with Gasteiger partial charge in [-0.2, -0.15) is 11.8 Å². The van der Waals surface area contributed by atoms with E-state index in [9.17, 15) is 8.42 Å². The second-order valence-corrected chi connectivity index (χ2v) is 7.84. The number of rotatable bonds is 6. The van der Waals surface area contributed by atoms with E-state index in [1.54, 1.807) is 17.8 Å². The quantitative estimate of drug-likeness (QED) is 0.831. The molecule has 1 atom stereocenters. The predicted octanol–water partition coefficient (Wildman–Crippen LogP) is 3.52. The summed E-state index contributed by atoms with van der Waals surface area (Å²) in [7, 11) is -3.48. The third-order valence-electron chi connectivity index (χ3n) is 2.31. The average molecular weight is 373 g/mol. The zero-order valence-electron chi connectivity index (χ0n) is 10.1. The van der Waals surface area contributed by atoms with Gasteiger partial charge < -0.3 is 0 Å². The minimum Gasteiger partial charge on any atom is -0.208 e. The summed E-state index contributed by atoms with van der Waals surface area (Å²) in [6.07, 6.45) is 2.80. The Balaban J connectivity index is 2.83. The Morgan fingerprint density at radius 3 is 2.72 bits per heavy atom. The van der Waals surface area contributed by atoms with Crippen molar-refractivity contribution in [3.8, 4) is 0 Å². The molecule has 1 unspecified atom stereocenters. The van der Waals surface area contributed by atoms with Crippen molar-refractivity contribution in [1.82, 2.24) is 4.72 Å². The maximum atomic E-state index is 12.1. The normalized spacial score (nSPS) is 13.6. The molecule has 0 aliphatic rings. The first-order valence-corrected chi connectivity index (χ1v) is 9.38. The summed E-state index contributed by atoms with van der Waals surface area (Å²) >= 11 is 10.8. The van der Waals surface area contributed by atoms with Crippen molar-refractivity contribution < 1.29 is 8.42 Å². The fraction of sp³-hybridized carbons (Fsp3) is 0.455. The Labute approximate surface area is 126 Å². The van der Waals surface area contributed by atoms with Crippen LogP contribution in [-0.4, -0.2) is 26.5 Å². The van der Waals surface area contributed by atoms with Crippen molar-refractivity contribution in [3.63, 3.8) is 0 Å². The molecule has 3 nitrogen and oxygen atoms in total. The third-order valence-corrected chi connectivity index (χ3v) is 5.76. The molecule has 0 saturated heterocycles. The van der Waals surface area contributed by atoms with E-state index in [0.29, 0.717) is 9.50 Å². The summed E-state index contributed by atoms with van der Waals surface area (Å²) in [5.74, 6) is 0.925. The highest BCUT2D eigenvalue weighted by Gasteiger charge is 2.17. The van der Waals surface area contributed by atoms with Crippen molar-refractivity contribution in [1.29, 1.82) is 0 Å². The highest BCUT2D eigenvalue weighted by Crippen LogP contribution is 2.25. The van der Waals surface area contributed by atoms with Crippen LogP contribution >= 0.6 is 39.3 Å². The number of hydrogen-bond acceptors (Lipinski definition) is 3. The Hall–Kier alpha value is 0.250. The van der Waals surface area contributed by atoms with Gasteiger partial charge in [0.1, 0.15) is 0 Å². The minimum atomic E-state index is -3.48. The fourth-order valence-corrected chi connectivity index (χ4v) is 3.87. The first kappa shape index (κ1) is 16.3. The first-order chi connectivity index (χ1) is 8.36. The molecule has 0 heterocycles. The van der Waals surface area contributed by atoms with Gasteiger partial charge in [-0.25, -0.2) is 13.1 Å². The topological polar surface area (TPSA) is 46.2 Å². The Morgan fingerprint density at radius 1 is 1.50 bits per heavy atom. The van der Waals surface area contributed by atoms with Crippen LogP contribution in [0.5, 0.6) is 0 Å². The number of nitrogens with one attached hydrogen (secondary N) is 1. The standard InChI is InChI=1S/C11H15BrClNO2S2/c1-8(5-6-17-2)14-18(15,16)9-3-4-11(13)10(12)7-9/h3-4,7-8,14H,5-6H2,1-2H3. The summed E-state index contributed by atoms with van der Waals surface area (Å²) in [5.41, 5.74) is 0. The summed E-state index contributed by atoms with van der Waals surface area (Å²) in [4.78, 5) is 0.217. The molecule has 1 aromatic carbocycles. The van der Waals surface area contributed by atoms with Crippen LogP contribution in [0.25, 0.3) is 0 Å². The largest absolute Gasteiger partial charge is 0.240 e. The highest BCUT2D eigenvalue weighted by atomic mass is 79.9. The number of benzene rings is 1. The molecule has 7 heteroatoms. The maximum absolute atomic E-state index is 12.1. The van der Waals surface area contributed by atoms with E-state index >= 15 is 0 Å². The van der Waals surface area contributed by atoms with Crippen LogP contribution in [0.15, 0.2) is 27.6 Å². The molecule has 0 spiro atoms. The molecular weight excluding hydrogens is 358 g/mol. The van der Waals surface area contributed by atoms with Crippen LogP contribution in [-0.2, 0) is 10.0 Å². The van der Waals surface area contributed by atoms with Gasteiger partial charge in [0.25, 0.3) is 0 Å². The van der Waals surface area contributed by atoms with Crippen LogP contribution in [0, 0.1) is 0 Å². The number of hydrogen-bond donors (Lipinski definition) is 1. The Morgan fingerprint density at radius 2 is 2.17 bits per heavy atom. The summed E-state index contributed by atoms with van der Waals surface area (Å²) in [6, 6.07) is 4.48. The Kier molecular flexibility index (Phi) is 6.47. The first-order valence-electron chi connectivity index (χ1n) is 5.33. The van der Waals surface area contributed by atoms with E-state index in [1.807, 2.05) is 13.2 Å². The van der Waals surface area contributed by atoms with Gasteiger partial charge in [-0.05, 0) is 59.5 Å². The fourth-order valence-electron chi connectivity index (χ4n) is 1.33. The van der Waals surface area contributed by atoms with Gasteiger partial charge in [0.05, 0.1) is 9.92 Å². The number of sulfonamides is 1. The zero-order valence-corrected chi connectivity index (χ0v) is 14.1. The van der Waals surface area contributed by atoms with Gasteiger partial charge in [0.15, 0.2) is 0 Å². The lowest BCUT2D eigenvalue weighted by Crippen LogP contribution is -2.33.